The number of carbonyl (C=O) groups excluding carboxylic acids is 1. The highest BCUT2D eigenvalue weighted by atomic mass is 32.1. The van der Waals surface area contributed by atoms with Gasteiger partial charge in [0.05, 0.1) is 24.9 Å². The highest BCUT2D eigenvalue weighted by Gasteiger charge is 2.29. The first-order valence-corrected chi connectivity index (χ1v) is 11.3. The summed E-state index contributed by atoms with van der Waals surface area (Å²) in [6, 6.07) is 0. The third kappa shape index (κ3) is 4.25. The van der Waals surface area contributed by atoms with E-state index in [1.54, 1.807) is 11.3 Å². The van der Waals surface area contributed by atoms with E-state index in [4.69, 9.17) is 4.74 Å². The second-order valence-corrected chi connectivity index (χ2v) is 9.98. The average molecular weight is 419 g/mol. The van der Waals surface area contributed by atoms with Crippen LogP contribution in [0.1, 0.15) is 37.6 Å². The SMILES string of the molecule is CC1CCc2c(sc3ncn(CC(=O)NCC(C)(C)N4CCOCC4)c(=O)c23)C1. The normalized spacial score (nSPS) is 20.6. The summed E-state index contributed by atoms with van der Waals surface area (Å²) in [6.45, 7) is 10.2. The van der Waals surface area contributed by atoms with Crippen LogP contribution in [0.2, 0.25) is 0 Å². The highest BCUT2D eigenvalue weighted by molar-refractivity contribution is 7.18. The first-order chi connectivity index (χ1) is 13.8. The third-order valence-corrected chi connectivity index (χ3v) is 7.34. The van der Waals surface area contributed by atoms with Gasteiger partial charge >= 0.3 is 0 Å². The Morgan fingerprint density at radius 3 is 2.90 bits per heavy atom. The minimum absolute atomic E-state index is 0.00197. The fraction of sp³-hybridized carbons (Fsp3) is 0.667. The molecular formula is C21H30N4O3S. The molecule has 2 aliphatic rings. The predicted molar refractivity (Wildman–Crippen MR) is 115 cm³/mol. The molecule has 1 unspecified atom stereocenters. The molecule has 1 amide bonds. The van der Waals surface area contributed by atoms with Crippen LogP contribution >= 0.6 is 11.3 Å². The second kappa shape index (κ2) is 8.16. The summed E-state index contributed by atoms with van der Waals surface area (Å²) < 4.78 is 6.86. The molecule has 1 N–H and O–H groups in total. The number of carbonyl (C=O) groups is 1. The lowest BCUT2D eigenvalue weighted by atomic mass is 9.89. The molecule has 1 aliphatic heterocycles. The van der Waals surface area contributed by atoms with Crippen LogP contribution in [0.25, 0.3) is 10.2 Å². The molecule has 0 aromatic carbocycles. The molecule has 7 nitrogen and oxygen atoms in total. The Morgan fingerprint density at radius 1 is 1.38 bits per heavy atom. The van der Waals surface area contributed by atoms with E-state index in [9.17, 15) is 9.59 Å². The Kier molecular flexibility index (Phi) is 5.77. The van der Waals surface area contributed by atoms with E-state index in [0.29, 0.717) is 12.5 Å². The molecule has 1 fully saturated rings. The van der Waals surface area contributed by atoms with Crippen LogP contribution in [0.4, 0.5) is 0 Å². The van der Waals surface area contributed by atoms with Crippen LogP contribution in [-0.4, -0.2) is 58.7 Å². The van der Waals surface area contributed by atoms with Gasteiger partial charge in [-0.3, -0.25) is 19.1 Å². The molecule has 1 saturated heterocycles. The number of hydrogen-bond acceptors (Lipinski definition) is 6. The van der Waals surface area contributed by atoms with Crippen molar-refractivity contribution in [2.75, 3.05) is 32.8 Å². The van der Waals surface area contributed by atoms with E-state index in [1.807, 2.05) is 0 Å². The van der Waals surface area contributed by atoms with E-state index >= 15 is 0 Å². The number of ether oxygens (including phenoxy) is 1. The van der Waals surface area contributed by atoms with Crippen molar-refractivity contribution in [3.05, 3.63) is 27.1 Å². The van der Waals surface area contributed by atoms with Gasteiger partial charge in [0.1, 0.15) is 11.4 Å². The van der Waals surface area contributed by atoms with E-state index in [1.165, 1.54) is 15.8 Å². The molecule has 1 aliphatic carbocycles. The molecule has 1 atom stereocenters. The van der Waals surface area contributed by atoms with Crippen molar-refractivity contribution in [2.45, 2.75) is 52.1 Å². The second-order valence-electron chi connectivity index (χ2n) is 8.90. The van der Waals surface area contributed by atoms with Gasteiger partial charge in [-0.25, -0.2) is 4.98 Å². The maximum Gasteiger partial charge on any atom is 0.262 e. The van der Waals surface area contributed by atoms with Gasteiger partial charge in [0.2, 0.25) is 5.91 Å². The molecule has 0 radical (unpaired) electrons. The minimum atomic E-state index is -0.160. The minimum Gasteiger partial charge on any atom is -0.379 e. The molecule has 0 spiro atoms. The monoisotopic (exact) mass is 418 g/mol. The lowest BCUT2D eigenvalue weighted by Crippen LogP contribution is -2.55. The summed E-state index contributed by atoms with van der Waals surface area (Å²) in [4.78, 5) is 34.5. The Balaban J connectivity index is 1.45. The number of morpholine rings is 1. The van der Waals surface area contributed by atoms with Crippen molar-refractivity contribution in [1.29, 1.82) is 0 Å². The standard InChI is InChI=1S/C21H30N4O3S/c1-14-4-5-15-16(10-14)29-19-18(15)20(27)24(13-23-19)11-17(26)22-12-21(2,3)25-6-8-28-9-7-25/h13-14H,4-12H2,1-3H3,(H,22,26). The Bertz CT molecular complexity index is 959. The highest BCUT2D eigenvalue weighted by Crippen LogP contribution is 2.35. The summed E-state index contributed by atoms with van der Waals surface area (Å²) in [6.07, 6.45) is 4.57. The number of hydrogen-bond donors (Lipinski definition) is 1. The Hall–Kier alpha value is -1.77. The quantitative estimate of drug-likeness (QED) is 0.801. The van der Waals surface area contributed by atoms with Crippen LogP contribution in [0.15, 0.2) is 11.1 Å². The number of rotatable bonds is 5. The molecule has 3 heterocycles. The maximum atomic E-state index is 13.1. The lowest BCUT2D eigenvalue weighted by molar-refractivity contribution is -0.122. The van der Waals surface area contributed by atoms with E-state index in [-0.39, 0.29) is 23.6 Å². The summed E-state index contributed by atoms with van der Waals surface area (Å²) >= 11 is 1.63. The molecule has 29 heavy (non-hydrogen) atoms. The zero-order valence-electron chi connectivity index (χ0n) is 17.5. The van der Waals surface area contributed by atoms with Crippen LogP contribution in [0, 0.1) is 5.92 Å². The van der Waals surface area contributed by atoms with Gasteiger partial charge < -0.3 is 10.1 Å². The number of nitrogens with zero attached hydrogens (tertiary/aromatic N) is 3. The van der Waals surface area contributed by atoms with Crippen molar-refractivity contribution in [3.8, 4) is 0 Å². The zero-order chi connectivity index (χ0) is 20.6. The van der Waals surface area contributed by atoms with Gasteiger partial charge in [-0.1, -0.05) is 6.92 Å². The summed E-state index contributed by atoms with van der Waals surface area (Å²) in [5, 5.41) is 3.72. The van der Waals surface area contributed by atoms with Crippen LogP contribution < -0.4 is 10.9 Å². The average Bonchev–Trinajstić information content (AvgIpc) is 3.07. The fourth-order valence-corrected chi connectivity index (χ4v) is 5.63. The Morgan fingerprint density at radius 2 is 2.14 bits per heavy atom. The van der Waals surface area contributed by atoms with Crippen LogP contribution in [-0.2, 0) is 28.9 Å². The van der Waals surface area contributed by atoms with E-state index in [2.05, 4.69) is 36.0 Å². The molecule has 2 aromatic heterocycles. The maximum absolute atomic E-state index is 13.1. The van der Waals surface area contributed by atoms with Gasteiger partial charge in [-0.05, 0) is 44.6 Å². The summed E-state index contributed by atoms with van der Waals surface area (Å²) in [7, 11) is 0. The number of amides is 1. The molecule has 8 heteroatoms. The van der Waals surface area contributed by atoms with Crippen molar-refractivity contribution in [3.63, 3.8) is 0 Å². The van der Waals surface area contributed by atoms with Crippen LogP contribution in [0.3, 0.4) is 0 Å². The smallest absolute Gasteiger partial charge is 0.262 e. The van der Waals surface area contributed by atoms with Crippen LogP contribution in [0.5, 0.6) is 0 Å². The van der Waals surface area contributed by atoms with Gasteiger partial charge in [-0.2, -0.15) is 0 Å². The first kappa shape index (κ1) is 20.5. The van der Waals surface area contributed by atoms with Crippen molar-refractivity contribution >= 4 is 27.5 Å². The number of aryl methyl sites for hydroxylation is 1. The molecule has 0 saturated carbocycles. The molecule has 0 bridgehead atoms. The first-order valence-electron chi connectivity index (χ1n) is 10.4. The number of nitrogens with one attached hydrogen (secondary N) is 1. The predicted octanol–water partition coefficient (Wildman–Crippen LogP) is 1.81. The van der Waals surface area contributed by atoms with Gasteiger partial charge in [0.15, 0.2) is 0 Å². The van der Waals surface area contributed by atoms with Gasteiger partial charge in [0, 0.05) is 30.1 Å². The fourth-order valence-electron chi connectivity index (χ4n) is 4.28. The Labute approximate surface area is 175 Å². The van der Waals surface area contributed by atoms with E-state index < -0.39 is 0 Å². The van der Waals surface area contributed by atoms with Crippen molar-refractivity contribution < 1.29 is 9.53 Å². The summed E-state index contributed by atoms with van der Waals surface area (Å²) in [5.74, 6) is 0.491. The molecular weight excluding hydrogens is 388 g/mol. The number of fused-ring (bicyclic) bond motifs is 3. The number of thiophene rings is 1. The van der Waals surface area contributed by atoms with E-state index in [0.717, 1.165) is 61.3 Å². The number of aromatic nitrogens is 2. The zero-order valence-corrected chi connectivity index (χ0v) is 18.3. The summed E-state index contributed by atoms with van der Waals surface area (Å²) in [5.41, 5.74) is 0.906. The van der Waals surface area contributed by atoms with Gasteiger partial charge in [-0.15, -0.1) is 11.3 Å². The topological polar surface area (TPSA) is 76.5 Å². The van der Waals surface area contributed by atoms with Crippen molar-refractivity contribution in [2.24, 2.45) is 5.92 Å². The molecule has 158 valence electrons. The van der Waals surface area contributed by atoms with Crippen molar-refractivity contribution in [1.82, 2.24) is 19.8 Å². The molecule has 2 aromatic rings. The van der Waals surface area contributed by atoms with Gasteiger partial charge in [0.25, 0.3) is 5.56 Å². The molecule has 4 rings (SSSR count). The third-order valence-electron chi connectivity index (χ3n) is 6.18. The largest absolute Gasteiger partial charge is 0.379 e. The lowest BCUT2D eigenvalue weighted by Gasteiger charge is -2.40.